The van der Waals surface area contributed by atoms with Gasteiger partial charge in [-0.25, -0.2) is 4.39 Å². The van der Waals surface area contributed by atoms with Crippen LogP contribution in [0.5, 0.6) is 5.75 Å². The lowest BCUT2D eigenvalue weighted by Crippen LogP contribution is -2.51. The zero-order chi connectivity index (χ0) is 17.5. The standard InChI is InChI=1S/C19H21FN2O3/c20-16-3-1-2-15(10-16)12-25-17-6-4-14(5-7-17)11-22-19(23)18-13-24-9-8-21-18/h1-7,10,18,21H,8-9,11-13H2,(H,22,23)/t18-/m0/s1. The van der Waals surface area contributed by atoms with Gasteiger partial charge in [0.25, 0.3) is 0 Å². The number of ether oxygens (including phenoxy) is 2. The molecule has 2 aromatic rings. The van der Waals surface area contributed by atoms with Crippen LogP contribution in [0.2, 0.25) is 0 Å². The van der Waals surface area contributed by atoms with Crippen LogP contribution in [0.15, 0.2) is 48.5 Å². The van der Waals surface area contributed by atoms with Crippen molar-refractivity contribution >= 4 is 5.91 Å². The predicted molar refractivity (Wildman–Crippen MR) is 91.6 cm³/mol. The van der Waals surface area contributed by atoms with E-state index in [-0.39, 0.29) is 17.8 Å². The average Bonchev–Trinajstić information content (AvgIpc) is 2.66. The summed E-state index contributed by atoms with van der Waals surface area (Å²) in [5.74, 6) is 0.359. The van der Waals surface area contributed by atoms with Crippen molar-refractivity contribution in [3.05, 3.63) is 65.5 Å². The molecule has 0 radical (unpaired) electrons. The molecule has 0 saturated carbocycles. The Morgan fingerprint density at radius 1 is 1.24 bits per heavy atom. The van der Waals surface area contributed by atoms with Gasteiger partial charge in [-0.3, -0.25) is 4.79 Å². The third-order valence-corrected chi connectivity index (χ3v) is 3.92. The van der Waals surface area contributed by atoms with E-state index in [1.165, 1.54) is 12.1 Å². The van der Waals surface area contributed by atoms with Crippen LogP contribution < -0.4 is 15.4 Å². The van der Waals surface area contributed by atoms with E-state index in [0.717, 1.165) is 11.1 Å². The summed E-state index contributed by atoms with van der Waals surface area (Å²) >= 11 is 0. The number of carbonyl (C=O) groups excluding carboxylic acids is 1. The molecule has 1 heterocycles. The number of benzene rings is 2. The second-order valence-corrected chi connectivity index (χ2v) is 5.86. The zero-order valence-electron chi connectivity index (χ0n) is 13.8. The van der Waals surface area contributed by atoms with Crippen molar-refractivity contribution in [2.75, 3.05) is 19.8 Å². The van der Waals surface area contributed by atoms with Gasteiger partial charge in [-0.1, -0.05) is 24.3 Å². The molecule has 2 N–H and O–H groups in total. The van der Waals surface area contributed by atoms with Gasteiger partial charge in [0.05, 0.1) is 13.2 Å². The van der Waals surface area contributed by atoms with Crippen molar-refractivity contribution in [2.24, 2.45) is 0 Å². The summed E-state index contributed by atoms with van der Waals surface area (Å²) in [7, 11) is 0. The van der Waals surface area contributed by atoms with Crippen molar-refractivity contribution in [2.45, 2.75) is 19.2 Å². The number of hydrogen-bond acceptors (Lipinski definition) is 4. The second-order valence-electron chi connectivity index (χ2n) is 5.86. The Hall–Kier alpha value is -2.44. The Bertz CT molecular complexity index is 700. The number of carbonyl (C=O) groups is 1. The summed E-state index contributed by atoms with van der Waals surface area (Å²) in [6.07, 6.45) is 0. The topological polar surface area (TPSA) is 59.6 Å². The SMILES string of the molecule is O=C(NCc1ccc(OCc2cccc(F)c2)cc1)[C@@H]1COCCN1. The van der Waals surface area contributed by atoms with E-state index in [1.54, 1.807) is 6.07 Å². The van der Waals surface area contributed by atoms with Crippen LogP contribution in [-0.4, -0.2) is 31.7 Å². The maximum atomic E-state index is 13.1. The number of halogens is 1. The van der Waals surface area contributed by atoms with Crippen LogP contribution in [0.1, 0.15) is 11.1 Å². The number of amides is 1. The Morgan fingerprint density at radius 2 is 2.08 bits per heavy atom. The third-order valence-electron chi connectivity index (χ3n) is 3.92. The molecule has 1 aliphatic rings. The first-order chi connectivity index (χ1) is 12.2. The fraction of sp³-hybridized carbons (Fsp3) is 0.316. The van der Waals surface area contributed by atoms with Gasteiger partial charge >= 0.3 is 0 Å². The predicted octanol–water partition coefficient (Wildman–Crippen LogP) is 2.01. The van der Waals surface area contributed by atoms with E-state index >= 15 is 0 Å². The average molecular weight is 344 g/mol. The molecule has 2 aromatic carbocycles. The van der Waals surface area contributed by atoms with Gasteiger partial charge in [0.15, 0.2) is 0 Å². The van der Waals surface area contributed by atoms with Gasteiger partial charge in [-0.15, -0.1) is 0 Å². The molecule has 0 spiro atoms. The quantitative estimate of drug-likeness (QED) is 0.842. The maximum Gasteiger partial charge on any atom is 0.239 e. The van der Waals surface area contributed by atoms with Crippen molar-refractivity contribution in [1.82, 2.24) is 10.6 Å². The molecule has 1 amide bonds. The fourth-order valence-electron chi connectivity index (χ4n) is 2.54. The summed E-state index contributed by atoms with van der Waals surface area (Å²) in [5.41, 5.74) is 1.75. The largest absolute Gasteiger partial charge is 0.489 e. The first-order valence-corrected chi connectivity index (χ1v) is 8.26. The van der Waals surface area contributed by atoms with Crippen LogP contribution in [0.25, 0.3) is 0 Å². The van der Waals surface area contributed by atoms with Gasteiger partial charge < -0.3 is 20.1 Å². The fourth-order valence-corrected chi connectivity index (χ4v) is 2.54. The molecule has 1 aliphatic heterocycles. The lowest BCUT2D eigenvalue weighted by Gasteiger charge is -2.22. The molecule has 0 bridgehead atoms. The highest BCUT2D eigenvalue weighted by Crippen LogP contribution is 2.15. The zero-order valence-corrected chi connectivity index (χ0v) is 13.8. The van der Waals surface area contributed by atoms with Crippen LogP contribution >= 0.6 is 0 Å². The Labute approximate surface area is 146 Å². The number of hydrogen-bond donors (Lipinski definition) is 2. The molecule has 1 atom stereocenters. The molecular weight excluding hydrogens is 323 g/mol. The molecule has 132 valence electrons. The molecule has 6 heteroatoms. The van der Waals surface area contributed by atoms with Crippen LogP contribution in [0.4, 0.5) is 4.39 Å². The minimum Gasteiger partial charge on any atom is -0.489 e. The lowest BCUT2D eigenvalue weighted by molar-refractivity contribution is -0.126. The summed E-state index contributed by atoms with van der Waals surface area (Å²) in [6, 6.07) is 13.5. The van der Waals surface area contributed by atoms with E-state index in [1.807, 2.05) is 30.3 Å². The van der Waals surface area contributed by atoms with Gasteiger partial charge in [0, 0.05) is 13.1 Å². The van der Waals surface area contributed by atoms with Gasteiger partial charge in [0.1, 0.15) is 24.2 Å². The minimum absolute atomic E-state index is 0.0638. The maximum absolute atomic E-state index is 13.1. The van der Waals surface area contributed by atoms with Gasteiger partial charge in [-0.05, 0) is 35.4 Å². The Balaban J connectivity index is 1.46. The first kappa shape index (κ1) is 17.4. The van der Waals surface area contributed by atoms with E-state index in [4.69, 9.17) is 9.47 Å². The summed E-state index contributed by atoms with van der Waals surface area (Å²) in [4.78, 5) is 12.0. The Kier molecular flexibility index (Phi) is 5.98. The Morgan fingerprint density at radius 3 is 2.80 bits per heavy atom. The summed E-state index contributed by atoms with van der Waals surface area (Å²) < 4.78 is 24.0. The van der Waals surface area contributed by atoms with Gasteiger partial charge in [0.2, 0.25) is 5.91 Å². The third kappa shape index (κ3) is 5.27. The van der Waals surface area contributed by atoms with Crippen molar-refractivity contribution in [3.63, 3.8) is 0 Å². The normalized spacial score (nSPS) is 17.1. The highest BCUT2D eigenvalue weighted by atomic mass is 19.1. The van der Waals surface area contributed by atoms with Crippen LogP contribution in [0, 0.1) is 5.82 Å². The lowest BCUT2D eigenvalue weighted by atomic mass is 10.2. The monoisotopic (exact) mass is 344 g/mol. The molecule has 0 aliphatic carbocycles. The van der Waals surface area contributed by atoms with Crippen molar-refractivity contribution in [3.8, 4) is 5.75 Å². The molecule has 0 unspecified atom stereocenters. The highest BCUT2D eigenvalue weighted by molar-refractivity contribution is 5.81. The van der Waals surface area contributed by atoms with E-state index < -0.39 is 0 Å². The van der Waals surface area contributed by atoms with Crippen LogP contribution in [-0.2, 0) is 22.7 Å². The van der Waals surface area contributed by atoms with E-state index in [9.17, 15) is 9.18 Å². The van der Waals surface area contributed by atoms with E-state index in [2.05, 4.69) is 10.6 Å². The minimum atomic E-state index is -0.289. The van der Waals surface area contributed by atoms with Crippen molar-refractivity contribution in [1.29, 1.82) is 0 Å². The molecule has 25 heavy (non-hydrogen) atoms. The molecule has 3 rings (SSSR count). The molecule has 1 saturated heterocycles. The smallest absolute Gasteiger partial charge is 0.239 e. The van der Waals surface area contributed by atoms with Crippen LogP contribution in [0.3, 0.4) is 0 Å². The molecule has 0 aromatic heterocycles. The molecule has 5 nitrogen and oxygen atoms in total. The van der Waals surface area contributed by atoms with Crippen molar-refractivity contribution < 1.29 is 18.7 Å². The second kappa shape index (κ2) is 8.60. The van der Waals surface area contributed by atoms with Gasteiger partial charge in [-0.2, -0.15) is 0 Å². The highest BCUT2D eigenvalue weighted by Gasteiger charge is 2.20. The molecular formula is C19H21FN2O3. The van der Waals surface area contributed by atoms with E-state index in [0.29, 0.717) is 38.7 Å². The first-order valence-electron chi connectivity index (χ1n) is 8.26. The number of morpholine rings is 1. The summed E-state index contributed by atoms with van der Waals surface area (Å²) in [5, 5.41) is 6.01. The summed E-state index contributed by atoms with van der Waals surface area (Å²) in [6.45, 7) is 2.48. The number of nitrogens with one attached hydrogen (secondary N) is 2. The number of rotatable bonds is 6. The molecule has 1 fully saturated rings.